The number of carbonyl (C=O) groups is 2. The number of amides is 2. The molecule has 2 saturated heterocycles. The number of hydrogen-bond donors (Lipinski definition) is 3. The number of hydrogen-bond acceptors (Lipinski definition) is 7. The first-order chi connectivity index (χ1) is 17.3. The zero-order valence-corrected chi connectivity index (χ0v) is 20.4. The Labute approximate surface area is 210 Å². The molecule has 8 nitrogen and oxygen atoms in total. The second-order valence-corrected chi connectivity index (χ2v) is 9.97. The third-order valence-corrected chi connectivity index (χ3v) is 7.61. The Morgan fingerprint density at radius 2 is 1.97 bits per heavy atom. The van der Waals surface area contributed by atoms with Gasteiger partial charge < -0.3 is 24.3 Å². The lowest BCUT2D eigenvalue weighted by molar-refractivity contribution is -0.122. The summed E-state index contributed by atoms with van der Waals surface area (Å²) in [5.74, 6) is -0.303. The van der Waals surface area contributed by atoms with Crippen LogP contribution < -0.4 is 10.4 Å². The van der Waals surface area contributed by atoms with E-state index in [2.05, 4.69) is 0 Å². The van der Waals surface area contributed by atoms with Gasteiger partial charge in [0, 0.05) is 5.92 Å². The maximum atomic E-state index is 13.5. The maximum Gasteiger partial charge on any atom is 0.488 e. The molecule has 3 heterocycles. The highest BCUT2D eigenvalue weighted by atomic mass is 16.5. The van der Waals surface area contributed by atoms with Gasteiger partial charge in [-0.3, -0.25) is 14.5 Å². The van der Waals surface area contributed by atoms with E-state index in [0.29, 0.717) is 30.2 Å². The number of allylic oxidation sites excluding steroid dienone is 2. The van der Waals surface area contributed by atoms with Gasteiger partial charge in [-0.1, -0.05) is 23.3 Å². The van der Waals surface area contributed by atoms with Crippen molar-refractivity contribution >= 4 is 36.2 Å². The molecule has 0 unspecified atom stereocenters. The predicted octanol–water partition coefficient (Wildman–Crippen LogP) is 2.18. The van der Waals surface area contributed by atoms with Gasteiger partial charge in [-0.15, -0.1) is 0 Å². The van der Waals surface area contributed by atoms with Crippen LogP contribution in [-0.2, 0) is 20.9 Å². The summed E-state index contributed by atoms with van der Waals surface area (Å²) in [6, 6.07) is 9.85. The quantitative estimate of drug-likeness (QED) is 0.309. The fraction of sp³-hybridized carbons (Fsp3) is 0.407. The lowest BCUT2D eigenvalue weighted by atomic mass is 9.70. The van der Waals surface area contributed by atoms with E-state index in [4.69, 9.17) is 9.15 Å². The number of carbonyl (C=O) groups excluding carboxylic acids is 2. The van der Waals surface area contributed by atoms with Crippen molar-refractivity contribution in [2.45, 2.75) is 45.8 Å². The van der Waals surface area contributed by atoms with Crippen LogP contribution >= 0.6 is 0 Å². The van der Waals surface area contributed by atoms with E-state index in [0.717, 1.165) is 29.6 Å². The average molecular weight is 491 g/mol. The Balaban J connectivity index is 1.32. The Morgan fingerprint density at radius 3 is 2.69 bits per heavy atom. The van der Waals surface area contributed by atoms with Crippen LogP contribution in [0.4, 0.5) is 5.69 Å². The molecule has 0 spiro atoms. The number of fused-ring (bicyclic) bond motifs is 3. The van der Waals surface area contributed by atoms with Gasteiger partial charge in [-0.25, -0.2) is 0 Å². The molecule has 3 N–H and O–H groups in total. The molecule has 1 aliphatic carbocycles. The van der Waals surface area contributed by atoms with Gasteiger partial charge in [-0.2, -0.15) is 0 Å². The Morgan fingerprint density at radius 1 is 1.17 bits per heavy atom. The molecule has 5 rings (SSSR count). The molecule has 9 heteroatoms. The lowest BCUT2D eigenvalue weighted by Crippen LogP contribution is -2.35. The molecule has 2 aromatic rings. The summed E-state index contributed by atoms with van der Waals surface area (Å²) in [6.45, 7) is 4.33. The monoisotopic (exact) mass is 491 g/mol. The van der Waals surface area contributed by atoms with Crippen molar-refractivity contribution in [1.29, 1.82) is 0 Å². The third kappa shape index (κ3) is 4.37. The smallest absolute Gasteiger partial charge is 0.459 e. The van der Waals surface area contributed by atoms with Crippen LogP contribution in [0.2, 0.25) is 0 Å². The summed E-state index contributed by atoms with van der Waals surface area (Å²) < 4.78 is 11.7. The number of aliphatic hydroxyl groups is 1. The summed E-state index contributed by atoms with van der Waals surface area (Å²) >= 11 is 0. The van der Waals surface area contributed by atoms with Gasteiger partial charge in [-0.05, 0) is 74.5 Å². The molecule has 1 aromatic heterocycles. The first-order valence-corrected chi connectivity index (χ1v) is 12.3. The minimum absolute atomic E-state index is 0.103. The van der Waals surface area contributed by atoms with Gasteiger partial charge in [0.2, 0.25) is 11.8 Å². The topological polar surface area (TPSA) is 120 Å². The molecular weight excluding hydrogens is 461 g/mol. The summed E-state index contributed by atoms with van der Waals surface area (Å²) in [4.78, 5) is 28.1. The van der Waals surface area contributed by atoms with Crippen molar-refractivity contribution < 1.29 is 33.9 Å². The van der Waals surface area contributed by atoms with E-state index in [1.54, 1.807) is 24.3 Å². The second-order valence-electron chi connectivity index (χ2n) is 9.97. The summed E-state index contributed by atoms with van der Waals surface area (Å²) in [5.41, 5.74) is 3.98. The Hall–Kier alpha value is -2.98. The zero-order valence-electron chi connectivity index (χ0n) is 20.4. The van der Waals surface area contributed by atoms with Gasteiger partial charge in [0.1, 0.15) is 18.1 Å². The third-order valence-electron chi connectivity index (χ3n) is 7.61. The molecule has 36 heavy (non-hydrogen) atoms. The average Bonchev–Trinajstić information content (AvgIpc) is 3.55. The fourth-order valence-corrected chi connectivity index (χ4v) is 5.94. The van der Waals surface area contributed by atoms with Crippen LogP contribution in [0.25, 0.3) is 6.08 Å². The SMILES string of the molecule is CC1=C2[C@@H](CC/C(C)=C/c3ccc(CO)o3)OC[C@@H]2[C@@H]2C(=O)N(c3cccc(B(O)O)c3)C(=O)[C@@H]2C1. The van der Waals surface area contributed by atoms with Crippen LogP contribution in [0.3, 0.4) is 0 Å². The van der Waals surface area contributed by atoms with E-state index < -0.39 is 19.0 Å². The molecule has 2 aliphatic heterocycles. The van der Waals surface area contributed by atoms with Gasteiger partial charge >= 0.3 is 7.12 Å². The van der Waals surface area contributed by atoms with Crippen LogP contribution in [0.1, 0.15) is 44.6 Å². The Kier molecular flexibility index (Phi) is 6.74. The van der Waals surface area contributed by atoms with E-state index in [1.165, 1.54) is 11.0 Å². The highest BCUT2D eigenvalue weighted by Gasteiger charge is 2.56. The molecule has 188 valence electrons. The number of furan rings is 1. The van der Waals surface area contributed by atoms with Gasteiger partial charge in [0.25, 0.3) is 0 Å². The number of aliphatic hydroxyl groups excluding tert-OH is 1. The van der Waals surface area contributed by atoms with Crippen molar-refractivity contribution in [3.63, 3.8) is 0 Å². The molecule has 3 aliphatic rings. The molecule has 0 radical (unpaired) electrons. The van der Waals surface area contributed by atoms with Crippen LogP contribution in [0.5, 0.6) is 0 Å². The van der Waals surface area contributed by atoms with E-state index in [1.807, 2.05) is 26.0 Å². The van der Waals surface area contributed by atoms with Crippen LogP contribution in [-0.4, -0.2) is 46.8 Å². The van der Waals surface area contributed by atoms with Crippen LogP contribution in [0.15, 0.2) is 57.5 Å². The summed E-state index contributed by atoms with van der Waals surface area (Å²) in [7, 11) is -1.68. The normalized spacial score (nSPS) is 26.0. The number of rotatable bonds is 7. The first-order valence-electron chi connectivity index (χ1n) is 12.3. The van der Waals surface area contributed by atoms with E-state index >= 15 is 0 Å². The molecule has 0 saturated carbocycles. The highest BCUT2D eigenvalue weighted by molar-refractivity contribution is 6.58. The van der Waals surface area contributed by atoms with Crippen molar-refractivity contribution in [3.05, 3.63) is 64.6 Å². The molecule has 0 bridgehead atoms. The molecule has 4 atom stereocenters. The van der Waals surface area contributed by atoms with Crippen molar-refractivity contribution in [2.24, 2.45) is 17.8 Å². The van der Waals surface area contributed by atoms with Crippen LogP contribution in [0, 0.1) is 17.8 Å². The molecular formula is C27H30BNO7. The number of nitrogens with zero attached hydrogens (tertiary/aromatic N) is 1. The number of benzene rings is 1. The standard InChI is InChI=1S/C27H30BNO7/c1-15(10-19-7-8-20(13-30)36-19)6-9-23-24-16(2)11-21-25(22(24)14-35-23)27(32)29(26(21)31)18-5-3-4-17(12-18)28(33)34/h3-5,7-8,10,12,21-23,25,30,33-34H,6,9,11,13-14H2,1-2H3/b15-10+/t21-,22+,23-,25-/m1/s1. The predicted molar refractivity (Wildman–Crippen MR) is 134 cm³/mol. The fourth-order valence-electron chi connectivity index (χ4n) is 5.94. The summed E-state index contributed by atoms with van der Waals surface area (Å²) in [5, 5.41) is 28.2. The first kappa shape index (κ1) is 24.7. The number of imide groups is 1. The van der Waals surface area contributed by atoms with Gasteiger partial charge in [0.15, 0.2) is 0 Å². The van der Waals surface area contributed by atoms with Crippen molar-refractivity contribution in [1.82, 2.24) is 0 Å². The van der Waals surface area contributed by atoms with E-state index in [-0.39, 0.29) is 35.9 Å². The largest absolute Gasteiger partial charge is 0.488 e. The summed E-state index contributed by atoms with van der Waals surface area (Å²) in [6.07, 6.45) is 3.92. The Bertz CT molecular complexity index is 1250. The minimum Gasteiger partial charge on any atom is -0.459 e. The number of anilines is 1. The highest BCUT2D eigenvalue weighted by Crippen LogP contribution is 2.50. The second kappa shape index (κ2) is 9.82. The van der Waals surface area contributed by atoms with Crippen molar-refractivity contribution in [2.75, 3.05) is 11.5 Å². The number of ether oxygens (including phenoxy) is 1. The zero-order chi connectivity index (χ0) is 25.6. The maximum absolute atomic E-state index is 13.5. The molecule has 1 aromatic carbocycles. The van der Waals surface area contributed by atoms with Gasteiger partial charge in [0.05, 0.1) is 30.2 Å². The molecule has 2 amide bonds. The van der Waals surface area contributed by atoms with Crippen molar-refractivity contribution in [3.8, 4) is 0 Å². The van der Waals surface area contributed by atoms with E-state index in [9.17, 15) is 24.7 Å². The lowest BCUT2D eigenvalue weighted by Gasteiger charge is -2.30. The molecule has 2 fully saturated rings. The minimum atomic E-state index is -1.68.